The van der Waals surface area contributed by atoms with E-state index in [1.807, 2.05) is 40.6 Å². The van der Waals surface area contributed by atoms with Crippen LogP contribution in [0.1, 0.15) is 21.9 Å². The molecule has 1 aromatic carbocycles. The first-order valence-electron chi connectivity index (χ1n) is 10.3. The third-order valence-corrected chi connectivity index (χ3v) is 6.17. The summed E-state index contributed by atoms with van der Waals surface area (Å²) in [7, 11) is 2.16. The van der Waals surface area contributed by atoms with Gasteiger partial charge in [0, 0.05) is 49.9 Å². The van der Waals surface area contributed by atoms with Crippen molar-refractivity contribution < 1.29 is 9.21 Å². The van der Waals surface area contributed by atoms with Crippen LogP contribution in [-0.4, -0.2) is 76.9 Å². The third-order valence-electron chi connectivity index (χ3n) is 5.40. The molecule has 1 aliphatic rings. The largest absolute Gasteiger partial charge is 0.443 e. The molecule has 0 spiro atoms. The van der Waals surface area contributed by atoms with Crippen LogP contribution in [0.2, 0.25) is 0 Å². The molecule has 8 heteroatoms. The maximum absolute atomic E-state index is 13.4. The van der Waals surface area contributed by atoms with Crippen LogP contribution < -0.4 is 0 Å². The highest BCUT2D eigenvalue weighted by atomic mass is 32.1. The van der Waals surface area contributed by atoms with Crippen LogP contribution in [0.3, 0.4) is 0 Å². The summed E-state index contributed by atoms with van der Waals surface area (Å²) in [5.74, 6) is 0.403. The minimum Gasteiger partial charge on any atom is -0.443 e. The van der Waals surface area contributed by atoms with Crippen LogP contribution >= 0.6 is 11.3 Å². The molecule has 2 aromatic heterocycles. The van der Waals surface area contributed by atoms with Crippen molar-refractivity contribution in [2.75, 3.05) is 46.3 Å². The van der Waals surface area contributed by atoms with Gasteiger partial charge in [-0.05, 0) is 20.0 Å². The number of thiazole rings is 1. The molecule has 7 nitrogen and oxygen atoms in total. The molecule has 30 heavy (non-hydrogen) atoms. The van der Waals surface area contributed by atoms with E-state index in [-0.39, 0.29) is 5.91 Å². The van der Waals surface area contributed by atoms with Gasteiger partial charge in [0.1, 0.15) is 5.01 Å². The quantitative estimate of drug-likeness (QED) is 0.553. The zero-order valence-electron chi connectivity index (χ0n) is 17.2. The van der Waals surface area contributed by atoms with Gasteiger partial charge in [0.2, 0.25) is 0 Å². The van der Waals surface area contributed by atoms with E-state index < -0.39 is 0 Å². The van der Waals surface area contributed by atoms with Gasteiger partial charge in [0.15, 0.2) is 17.8 Å². The number of carbonyl (C=O) groups is 1. The number of likely N-dealkylation sites (N-methyl/N-ethyl adjacent to an activating group) is 1. The third kappa shape index (κ3) is 5.13. The first kappa shape index (κ1) is 20.7. The Balaban J connectivity index is 1.46. The van der Waals surface area contributed by atoms with Crippen LogP contribution in [-0.2, 0) is 6.54 Å². The Hall–Kier alpha value is -2.55. The number of oxazole rings is 1. The summed E-state index contributed by atoms with van der Waals surface area (Å²) in [6.07, 6.45) is 4.04. The number of rotatable bonds is 8. The fourth-order valence-corrected chi connectivity index (χ4v) is 4.28. The molecule has 1 saturated heterocycles. The molecule has 0 unspecified atom stereocenters. The molecule has 0 N–H and O–H groups in total. The molecular formula is C22H27N5O2S. The van der Waals surface area contributed by atoms with Crippen molar-refractivity contribution in [1.82, 2.24) is 24.7 Å². The number of piperazine rings is 1. The van der Waals surface area contributed by atoms with Gasteiger partial charge in [0.05, 0.1) is 6.54 Å². The highest BCUT2D eigenvalue weighted by molar-refractivity contribution is 7.09. The first-order chi connectivity index (χ1) is 14.7. The average Bonchev–Trinajstić information content (AvgIpc) is 3.47. The van der Waals surface area contributed by atoms with Crippen molar-refractivity contribution in [3.63, 3.8) is 0 Å². The minimum atomic E-state index is -0.115. The summed E-state index contributed by atoms with van der Waals surface area (Å²) >= 11 is 1.56. The number of aromatic nitrogens is 2. The molecule has 158 valence electrons. The maximum Gasteiger partial charge on any atom is 0.276 e. The Morgan fingerprint density at radius 2 is 1.97 bits per heavy atom. The Kier molecular flexibility index (Phi) is 6.88. The molecule has 0 saturated carbocycles. The van der Waals surface area contributed by atoms with E-state index in [0.29, 0.717) is 24.5 Å². The Bertz CT molecular complexity index is 920. The molecule has 3 aromatic rings. The molecule has 3 heterocycles. The highest BCUT2D eigenvalue weighted by Crippen LogP contribution is 2.24. The number of hydrogen-bond acceptors (Lipinski definition) is 7. The Morgan fingerprint density at radius 1 is 1.17 bits per heavy atom. The number of carbonyl (C=O) groups excluding carboxylic acids is 1. The van der Waals surface area contributed by atoms with Gasteiger partial charge in [-0.1, -0.05) is 30.3 Å². The number of hydrogen-bond donors (Lipinski definition) is 0. The average molecular weight is 426 g/mol. The fraction of sp³-hybridized carbons (Fsp3) is 0.409. The van der Waals surface area contributed by atoms with Crippen LogP contribution in [0, 0.1) is 0 Å². The number of amides is 1. The zero-order valence-corrected chi connectivity index (χ0v) is 18.1. The number of benzene rings is 1. The second-order valence-electron chi connectivity index (χ2n) is 7.55. The lowest BCUT2D eigenvalue weighted by Crippen LogP contribution is -2.45. The SMILES string of the molecule is CN1CCN(CCCN(Cc2nccs2)C(=O)c2ncoc2-c2ccccc2)CC1. The molecule has 0 aliphatic carbocycles. The van der Waals surface area contributed by atoms with Gasteiger partial charge in [-0.25, -0.2) is 9.97 Å². The van der Waals surface area contributed by atoms with E-state index in [4.69, 9.17) is 4.42 Å². The van der Waals surface area contributed by atoms with E-state index in [1.54, 1.807) is 17.5 Å². The summed E-state index contributed by atoms with van der Waals surface area (Å²) < 4.78 is 5.58. The predicted molar refractivity (Wildman–Crippen MR) is 117 cm³/mol. The summed E-state index contributed by atoms with van der Waals surface area (Å²) in [5, 5.41) is 2.86. The van der Waals surface area contributed by atoms with E-state index in [9.17, 15) is 4.79 Å². The molecule has 1 fully saturated rings. The van der Waals surface area contributed by atoms with Gasteiger partial charge in [0.25, 0.3) is 5.91 Å². The van der Waals surface area contributed by atoms with E-state index in [1.165, 1.54) is 6.39 Å². The smallest absolute Gasteiger partial charge is 0.276 e. The second kappa shape index (κ2) is 9.97. The molecule has 4 rings (SSSR count). The second-order valence-corrected chi connectivity index (χ2v) is 8.53. The van der Waals surface area contributed by atoms with Crippen molar-refractivity contribution in [3.05, 3.63) is 59.0 Å². The summed E-state index contributed by atoms with van der Waals surface area (Å²) in [6.45, 7) is 6.49. The Labute approximate surface area is 181 Å². The van der Waals surface area contributed by atoms with E-state index in [0.717, 1.165) is 49.7 Å². The summed E-state index contributed by atoms with van der Waals surface area (Å²) in [4.78, 5) is 28.7. The topological polar surface area (TPSA) is 65.7 Å². The lowest BCUT2D eigenvalue weighted by Gasteiger charge is -2.32. The normalized spacial score (nSPS) is 15.4. The van der Waals surface area contributed by atoms with Gasteiger partial charge in [-0.2, -0.15) is 0 Å². The van der Waals surface area contributed by atoms with E-state index in [2.05, 4.69) is 26.8 Å². The molecule has 0 bridgehead atoms. The highest BCUT2D eigenvalue weighted by Gasteiger charge is 2.25. The van der Waals surface area contributed by atoms with Crippen molar-refractivity contribution in [1.29, 1.82) is 0 Å². The van der Waals surface area contributed by atoms with Crippen LogP contribution in [0.15, 0.2) is 52.7 Å². The van der Waals surface area contributed by atoms with Gasteiger partial charge < -0.3 is 19.1 Å². The van der Waals surface area contributed by atoms with Gasteiger partial charge in [-0.3, -0.25) is 4.79 Å². The molecular weight excluding hydrogens is 398 g/mol. The number of nitrogens with zero attached hydrogens (tertiary/aromatic N) is 5. The standard InChI is InChI=1S/C22H27N5O2S/c1-25-11-13-26(14-12-25)9-5-10-27(16-19-23-8-15-30-19)22(28)20-21(29-17-24-20)18-6-3-2-4-7-18/h2-4,6-8,15,17H,5,9-14,16H2,1H3. The van der Waals surface area contributed by atoms with Crippen molar-refractivity contribution in [2.24, 2.45) is 0 Å². The molecule has 1 amide bonds. The van der Waals surface area contributed by atoms with Gasteiger partial charge in [-0.15, -0.1) is 11.3 Å². The monoisotopic (exact) mass is 425 g/mol. The summed E-state index contributed by atoms with van der Waals surface area (Å²) in [6, 6.07) is 9.64. The first-order valence-corrected chi connectivity index (χ1v) is 11.2. The van der Waals surface area contributed by atoms with Gasteiger partial charge >= 0.3 is 0 Å². The van der Waals surface area contributed by atoms with Crippen molar-refractivity contribution >= 4 is 17.2 Å². The van der Waals surface area contributed by atoms with Crippen LogP contribution in [0.4, 0.5) is 0 Å². The molecule has 0 radical (unpaired) electrons. The lowest BCUT2D eigenvalue weighted by atomic mass is 10.1. The molecule has 1 aliphatic heterocycles. The van der Waals surface area contributed by atoms with Crippen molar-refractivity contribution in [3.8, 4) is 11.3 Å². The lowest BCUT2D eigenvalue weighted by molar-refractivity contribution is 0.0723. The van der Waals surface area contributed by atoms with Crippen molar-refractivity contribution in [2.45, 2.75) is 13.0 Å². The summed E-state index contributed by atoms with van der Waals surface area (Å²) in [5.41, 5.74) is 1.21. The van der Waals surface area contributed by atoms with Crippen LogP contribution in [0.5, 0.6) is 0 Å². The zero-order chi connectivity index (χ0) is 20.8. The maximum atomic E-state index is 13.4. The van der Waals surface area contributed by atoms with E-state index >= 15 is 0 Å². The van der Waals surface area contributed by atoms with Crippen LogP contribution in [0.25, 0.3) is 11.3 Å². The minimum absolute atomic E-state index is 0.115. The predicted octanol–water partition coefficient (Wildman–Crippen LogP) is 3.08. The Morgan fingerprint density at radius 3 is 2.70 bits per heavy atom. The molecule has 0 atom stereocenters. The fourth-order valence-electron chi connectivity index (χ4n) is 3.65.